The molecule has 0 amide bonds. The van der Waals surface area contributed by atoms with Gasteiger partial charge in [-0.3, -0.25) is 4.79 Å². The van der Waals surface area contributed by atoms with Crippen molar-refractivity contribution in [2.24, 2.45) is 5.92 Å². The quantitative estimate of drug-likeness (QED) is 0.779. The molecule has 78 valence electrons. The summed E-state index contributed by atoms with van der Waals surface area (Å²) in [7, 11) is 0. The Kier molecular flexibility index (Phi) is 3.86. The molecule has 0 bridgehead atoms. The van der Waals surface area contributed by atoms with Crippen LogP contribution in [0.4, 0.5) is 0 Å². The van der Waals surface area contributed by atoms with Gasteiger partial charge in [0.05, 0.1) is 5.69 Å². The molecule has 0 spiro atoms. The van der Waals surface area contributed by atoms with Crippen molar-refractivity contribution in [3.05, 3.63) is 27.7 Å². The molecule has 4 heteroatoms. The zero-order chi connectivity index (χ0) is 10.7. The van der Waals surface area contributed by atoms with Gasteiger partial charge in [-0.2, -0.15) is 5.10 Å². The molecule has 0 aliphatic rings. The summed E-state index contributed by atoms with van der Waals surface area (Å²) in [6, 6.07) is 1.83. The third kappa shape index (κ3) is 2.67. The number of halogens is 1. The molecule has 0 saturated carbocycles. The van der Waals surface area contributed by atoms with E-state index in [1.807, 2.05) is 13.0 Å². The van der Waals surface area contributed by atoms with Gasteiger partial charge in [-0.05, 0) is 18.9 Å². The molecule has 0 aliphatic heterocycles. The van der Waals surface area contributed by atoms with Crippen LogP contribution in [0.3, 0.4) is 0 Å². The number of hydrogen-bond donors (Lipinski definition) is 0. The minimum Gasteiger partial charge on any atom is -0.267 e. The molecular formula is C10H15BrN2O. The van der Waals surface area contributed by atoms with Crippen molar-refractivity contribution in [3.63, 3.8) is 0 Å². The Balaban J connectivity index is 3.16. The number of aromatic nitrogens is 2. The van der Waals surface area contributed by atoms with Crippen LogP contribution in [0.15, 0.2) is 10.9 Å². The van der Waals surface area contributed by atoms with E-state index in [0.717, 1.165) is 11.3 Å². The number of rotatable bonds is 3. The highest BCUT2D eigenvalue weighted by Crippen LogP contribution is 2.02. The Morgan fingerprint density at radius 1 is 1.57 bits per heavy atom. The summed E-state index contributed by atoms with van der Waals surface area (Å²) in [5.74, 6) is 0.435. The first-order valence-electron chi connectivity index (χ1n) is 4.68. The van der Waals surface area contributed by atoms with Crippen LogP contribution in [0.1, 0.15) is 25.1 Å². The number of aryl methyl sites for hydroxylation is 1. The fourth-order valence-electron chi connectivity index (χ4n) is 1.31. The highest BCUT2D eigenvalue weighted by molar-refractivity contribution is 9.08. The Morgan fingerprint density at radius 2 is 2.21 bits per heavy atom. The van der Waals surface area contributed by atoms with E-state index in [1.165, 1.54) is 0 Å². The highest BCUT2D eigenvalue weighted by atomic mass is 79.9. The Hall–Kier alpha value is -0.640. The van der Waals surface area contributed by atoms with Crippen LogP contribution in [0, 0.1) is 12.8 Å². The van der Waals surface area contributed by atoms with E-state index in [0.29, 0.717) is 17.8 Å². The van der Waals surface area contributed by atoms with Gasteiger partial charge in [0.25, 0.3) is 5.56 Å². The predicted octanol–water partition coefficient (Wildman–Crippen LogP) is 2.10. The lowest BCUT2D eigenvalue weighted by atomic mass is 10.2. The predicted molar refractivity (Wildman–Crippen MR) is 60.7 cm³/mol. The van der Waals surface area contributed by atoms with Gasteiger partial charge >= 0.3 is 0 Å². The van der Waals surface area contributed by atoms with E-state index in [-0.39, 0.29) is 5.56 Å². The van der Waals surface area contributed by atoms with Gasteiger partial charge in [0.15, 0.2) is 0 Å². The average Bonchev–Trinajstić information content (AvgIpc) is 2.09. The maximum Gasteiger partial charge on any atom is 0.270 e. The normalized spacial score (nSPS) is 10.9. The molecular weight excluding hydrogens is 244 g/mol. The summed E-state index contributed by atoms with van der Waals surface area (Å²) in [6.45, 7) is 6.73. The maximum absolute atomic E-state index is 11.8. The van der Waals surface area contributed by atoms with Gasteiger partial charge in [0.1, 0.15) is 0 Å². The second kappa shape index (κ2) is 4.73. The van der Waals surface area contributed by atoms with Crippen molar-refractivity contribution in [1.29, 1.82) is 0 Å². The van der Waals surface area contributed by atoms with Crippen LogP contribution in [-0.2, 0) is 11.9 Å². The van der Waals surface area contributed by atoms with Crippen molar-refractivity contribution < 1.29 is 0 Å². The van der Waals surface area contributed by atoms with Crippen molar-refractivity contribution in [2.45, 2.75) is 32.6 Å². The van der Waals surface area contributed by atoms with Crippen LogP contribution < -0.4 is 5.56 Å². The summed E-state index contributed by atoms with van der Waals surface area (Å²) < 4.78 is 1.55. The van der Waals surface area contributed by atoms with Crippen LogP contribution in [0.2, 0.25) is 0 Å². The number of hydrogen-bond acceptors (Lipinski definition) is 2. The third-order valence-electron chi connectivity index (χ3n) is 1.85. The second-order valence-corrected chi connectivity index (χ2v) is 4.39. The van der Waals surface area contributed by atoms with Gasteiger partial charge < -0.3 is 0 Å². The molecule has 0 aromatic carbocycles. The molecule has 0 saturated heterocycles. The summed E-state index contributed by atoms with van der Waals surface area (Å²) in [6.07, 6.45) is 0. The van der Waals surface area contributed by atoms with E-state index >= 15 is 0 Å². The highest BCUT2D eigenvalue weighted by Gasteiger charge is 2.06. The van der Waals surface area contributed by atoms with E-state index in [9.17, 15) is 4.79 Å². The molecule has 1 aromatic heterocycles. The summed E-state index contributed by atoms with van der Waals surface area (Å²) in [5, 5.41) is 4.80. The van der Waals surface area contributed by atoms with E-state index in [4.69, 9.17) is 0 Å². The Labute approximate surface area is 92.3 Å². The first-order chi connectivity index (χ1) is 6.54. The maximum atomic E-state index is 11.8. The van der Waals surface area contributed by atoms with Crippen LogP contribution in [0.25, 0.3) is 0 Å². The zero-order valence-electron chi connectivity index (χ0n) is 8.75. The molecule has 1 heterocycles. The SMILES string of the molecule is Cc1cc(CBr)c(=O)n(CC(C)C)n1. The molecule has 0 unspecified atom stereocenters. The fourth-order valence-corrected chi connectivity index (χ4v) is 1.71. The number of nitrogens with zero attached hydrogens (tertiary/aromatic N) is 2. The van der Waals surface area contributed by atoms with Crippen molar-refractivity contribution in [1.82, 2.24) is 9.78 Å². The van der Waals surface area contributed by atoms with Crippen LogP contribution >= 0.6 is 15.9 Å². The lowest BCUT2D eigenvalue weighted by Gasteiger charge is -2.09. The lowest BCUT2D eigenvalue weighted by Crippen LogP contribution is -2.28. The topological polar surface area (TPSA) is 34.9 Å². The number of alkyl halides is 1. The van der Waals surface area contributed by atoms with Crippen molar-refractivity contribution in [2.75, 3.05) is 0 Å². The van der Waals surface area contributed by atoms with Gasteiger partial charge in [-0.15, -0.1) is 0 Å². The summed E-state index contributed by atoms with van der Waals surface area (Å²) in [4.78, 5) is 11.8. The van der Waals surface area contributed by atoms with Gasteiger partial charge in [-0.1, -0.05) is 29.8 Å². The third-order valence-corrected chi connectivity index (χ3v) is 2.46. The molecule has 0 N–H and O–H groups in total. The molecule has 0 aliphatic carbocycles. The second-order valence-electron chi connectivity index (χ2n) is 3.83. The molecule has 3 nitrogen and oxygen atoms in total. The molecule has 1 aromatic rings. The molecule has 0 fully saturated rings. The smallest absolute Gasteiger partial charge is 0.267 e. The van der Waals surface area contributed by atoms with Gasteiger partial charge in [0, 0.05) is 17.4 Å². The minimum absolute atomic E-state index is 0.0150. The average molecular weight is 259 g/mol. The molecule has 14 heavy (non-hydrogen) atoms. The van der Waals surface area contributed by atoms with E-state index in [1.54, 1.807) is 4.68 Å². The Bertz CT molecular complexity index is 371. The van der Waals surface area contributed by atoms with Crippen molar-refractivity contribution in [3.8, 4) is 0 Å². The Morgan fingerprint density at radius 3 is 2.71 bits per heavy atom. The lowest BCUT2D eigenvalue weighted by molar-refractivity contribution is 0.458. The van der Waals surface area contributed by atoms with Gasteiger partial charge in [-0.25, -0.2) is 4.68 Å². The summed E-state index contributed by atoms with van der Waals surface area (Å²) >= 11 is 3.30. The van der Waals surface area contributed by atoms with Crippen LogP contribution in [-0.4, -0.2) is 9.78 Å². The zero-order valence-corrected chi connectivity index (χ0v) is 10.3. The largest absolute Gasteiger partial charge is 0.270 e. The minimum atomic E-state index is 0.0150. The fraction of sp³-hybridized carbons (Fsp3) is 0.600. The van der Waals surface area contributed by atoms with E-state index < -0.39 is 0 Å². The van der Waals surface area contributed by atoms with Crippen molar-refractivity contribution >= 4 is 15.9 Å². The van der Waals surface area contributed by atoms with Gasteiger partial charge in [0.2, 0.25) is 0 Å². The monoisotopic (exact) mass is 258 g/mol. The molecule has 0 atom stereocenters. The first-order valence-corrected chi connectivity index (χ1v) is 5.80. The van der Waals surface area contributed by atoms with Crippen LogP contribution in [0.5, 0.6) is 0 Å². The molecule has 1 rings (SSSR count). The first kappa shape index (κ1) is 11.4. The summed E-state index contributed by atoms with van der Waals surface area (Å²) in [5.41, 5.74) is 1.68. The standard InChI is InChI=1S/C10H15BrN2O/c1-7(2)6-13-10(14)9(5-11)4-8(3)12-13/h4,7H,5-6H2,1-3H3. The van der Waals surface area contributed by atoms with E-state index in [2.05, 4.69) is 34.9 Å². The molecule has 0 radical (unpaired) electrons.